The Labute approximate surface area is 135 Å². The minimum atomic E-state index is -0.797. The molecule has 0 unspecified atom stereocenters. The summed E-state index contributed by atoms with van der Waals surface area (Å²) in [5, 5.41) is 2.10. The molecule has 1 aromatic rings. The summed E-state index contributed by atoms with van der Waals surface area (Å²) in [5.74, 6) is 0.670. The molecule has 2 heterocycles. The second kappa shape index (κ2) is 6.97. The molecule has 2 aliphatic rings. The van der Waals surface area contributed by atoms with Gasteiger partial charge in [0.1, 0.15) is 5.75 Å². The van der Waals surface area contributed by atoms with E-state index in [-0.39, 0.29) is 12.5 Å². The van der Waals surface area contributed by atoms with Gasteiger partial charge in [-0.3, -0.25) is 19.9 Å². The third-order valence-electron chi connectivity index (χ3n) is 4.25. The summed E-state index contributed by atoms with van der Waals surface area (Å²) in [6.07, 6.45) is 0.992. The number of primary amides is 1. The van der Waals surface area contributed by atoms with Crippen molar-refractivity contribution in [3.8, 4) is 5.75 Å². The number of carbonyl (C=O) groups excluding carboxylic acids is 2. The topological polar surface area (TPSA) is 87.9 Å². The third kappa shape index (κ3) is 4.20. The van der Waals surface area contributed by atoms with E-state index >= 15 is 0 Å². The molecule has 0 radical (unpaired) electrons. The molecule has 0 aliphatic carbocycles. The molecule has 3 N–H and O–H groups in total. The van der Waals surface area contributed by atoms with E-state index < -0.39 is 6.03 Å². The standard InChI is InChI=1S/C16H22N4O3/c17-16(22)18-15(21)11-20-6-4-19(5-7-20)10-12-1-2-14-13(9-12)3-8-23-14/h1-2,9H,3-8,10-11H2,(H3,17,18,21,22). The molecule has 7 nitrogen and oxygen atoms in total. The fraction of sp³-hybridized carbons (Fsp3) is 0.500. The fourth-order valence-corrected chi connectivity index (χ4v) is 3.08. The van der Waals surface area contributed by atoms with Crippen LogP contribution < -0.4 is 15.8 Å². The summed E-state index contributed by atoms with van der Waals surface area (Å²) in [6, 6.07) is 5.61. The molecular weight excluding hydrogens is 296 g/mol. The monoisotopic (exact) mass is 318 g/mol. The van der Waals surface area contributed by atoms with Crippen LogP contribution in [0.2, 0.25) is 0 Å². The minimum absolute atomic E-state index is 0.215. The number of hydrogen-bond acceptors (Lipinski definition) is 5. The number of hydrogen-bond donors (Lipinski definition) is 2. The lowest BCUT2D eigenvalue weighted by atomic mass is 10.1. The summed E-state index contributed by atoms with van der Waals surface area (Å²) < 4.78 is 5.53. The first-order valence-electron chi connectivity index (χ1n) is 7.89. The molecule has 0 spiro atoms. The van der Waals surface area contributed by atoms with Gasteiger partial charge in [0.05, 0.1) is 13.2 Å². The van der Waals surface area contributed by atoms with Gasteiger partial charge in [-0.25, -0.2) is 4.79 Å². The first kappa shape index (κ1) is 15.8. The van der Waals surface area contributed by atoms with Crippen LogP contribution in [0.1, 0.15) is 11.1 Å². The molecule has 124 valence electrons. The van der Waals surface area contributed by atoms with Crippen LogP contribution >= 0.6 is 0 Å². The zero-order valence-electron chi connectivity index (χ0n) is 13.1. The lowest BCUT2D eigenvalue weighted by molar-refractivity contribution is -0.121. The molecule has 2 aliphatic heterocycles. The Morgan fingerprint density at radius 3 is 2.65 bits per heavy atom. The summed E-state index contributed by atoms with van der Waals surface area (Å²) >= 11 is 0. The van der Waals surface area contributed by atoms with Crippen molar-refractivity contribution in [3.63, 3.8) is 0 Å². The fourth-order valence-electron chi connectivity index (χ4n) is 3.08. The van der Waals surface area contributed by atoms with Gasteiger partial charge in [0.25, 0.3) is 0 Å². The third-order valence-corrected chi connectivity index (χ3v) is 4.25. The highest BCUT2D eigenvalue weighted by Gasteiger charge is 2.20. The van der Waals surface area contributed by atoms with Crippen molar-refractivity contribution in [2.45, 2.75) is 13.0 Å². The first-order valence-corrected chi connectivity index (χ1v) is 7.89. The van der Waals surface area contributed by atoms with Crippen LogP contribution in [0, 0.1) is 0 Å². The lowest BCUT2D eigenvalue weighted by Crippen LogP contribution is -2.50. The number of nitrogens with two attached hydrogens (primary N) is 1. The smallest absolute Gasteiger partial charge is 0.318 e. The van der Waals surface area contributed by atoms with E-state index in [2.05, 4.69) is 28.4 Å². The van der Waals surface area contributed by atoms with Crippen molar-refractivity contribution in [1.82, 2.24) is 15.1 Å². The molecule has 0 bridgehead atoms. The highest BCUT2D eigenvalue weighted by molar-refractivity contribution is 5.94. The van der Waals surface area contributed by atoms with Crippen molar-refractivity contribution in [2.24, 2.45) is 5.73 Å². The van der Waals surface area contributed by atoms with Crippen molar-refractivity contribution < 1.29 is 14.3 Å². The second-order valence-corrected chi connectivity index (χ2v) is 6.01. The lowest BCUT2D eigenvalue weighted by Gasteiger charge is -2.34. The Hall–Kier alpha value is -2.12. The van der Waals surface area contributed by atoms with Gasteiger partial charge in [-0.15, -0.1) is 0 Å². The highest BCUT2D eigenvalue weighted by Crippen LogP contribution is 2.26. The van der Waals surface area contributed by atoms with Crippen LogP contribution in [-0.2, 0) is 17.8 Å². The van der Waals surface area contributed by atoms with Crippen LogP contribution in [0.4, 0.5) is 4.79 Å². The molecule has 0 aromatic heterocycles. The van der Waals surface area contributed by atoms with E-state index in [1.165, 1.54) is 11.1 Å². The number of carbonyl (C=O) groups is 2. The van der Waals surface area contributed by atoms with Crippen LogP contribution in [0.5, 0.6) is 5.75 Å². The summed E-state index contributed by atoms with van der Waals surface area (Å²) in [6.45, 7) is 5.32. The summed E-state index contributed by atoms with van der Waals surface area (Å²) in [4.78, 5) is 26.6. The number of rotatable bonds is 4. The zero-order valence-corrected chi connectivity index (χ0v) is 13.1. The van der Waals surface area contributed by atoms with Crippen LogP contribution in [-0.4, -0.2) is 61.1 Å². The normalized spacial score (nSPS) is 18.3. The number of nitrogens with one attached hydrogen (secondary N) is 1. The minimum Gasteiger partial charge on any atom is -0.493 e. The Morgan fingerprint density at radius 2 is 1.91 bits per heavy atom. The molecule has 0 atom stereocenters. The molecule has 0 saturated carbocycles. The van der Waals surface area contributed by atoms with E-state index in [1.807, 2.05) is 4.90 Å². The van der Waals surface area contributed by atoms with Gasteiger partial charge in [0.15, 0.2) is 0 Å². The largest absolute Gasteiger partial charge is 0.493 e. The van der Waals surface area contributed by atoms with Gasteiger partial charge in [0.2, 0.25) is 5.91 Å². The number of fused-ring (bicyclic) bond motifs is 1. The maximum Gasteiger partial charge on any atom is 0.318 e. The summed E-state index contributed by atoms with van der Waals surface area (Å²) in [7, 11) is 0. The van der Waals surface area contributed by atoms with Gasteiger partial charge in [-0.05, 0) is 17.2 Å². The number of piperazine rings is 1. The molecular formula is C16H22N4O3. The Balaban J connectivity index is 1.46. The van der Waals surface area contributed by atoms with Crippen LogP contribution in [0.3, 0.4) is 0 Å². The quantitative estimate of drug-likeness (QED) is 0.812. The van der Waals surface area contributed by atoms with Crippen molar-refractivity contribution in [3.05, 3.63) is 29.3 Å². The number of amides is 3. The van der Waals surface area contributed by atoms with E-state index in [0.29, 0.717) is 0 Å². The molecule has 23 heavy (non-hydrogen) atoms. The maximum absolute atomic E-state index is 11.5. The van der Waals surface area contributed by atoms with Crippen molar-refractivity contribution >= 4 is 11.9 Å². The van der Waals surface area contributed by atoms with Gasteiger partial charge < -0.3 is 10.5 Å². The van der Waals surface area contributed by atoms with E-state index in [1.54, 1.807) is 0 Å². The van der Waals surface area contributed by atoms with Crippen LogP contribution in [0.25, 0.3) is 0 Å². The average molecular weight is 318 g/mol. The number of ether oxygens (including phenoxy) is 1. The van der Waals surface area contributed by atoms with Gasteiger partial charge in [-0.2, -0.15) is 0 Å². The molecule has 3 rings (SSSR count). The molecule has 1 saturated heterocycles. The van der Waals surface area contributed by atoms with Gasteiger partial charge >= 0.3 is 6.03 Å². The SMILES string of the molecule is NC(=O)NC(=O)CN1CCN(Cc2ccc3c(c2)CCO3)CC1. The van der Waals surface area contributed by atoms with Crippen molar-refractivity contribution in [2.75, 3.05) is 39.3 Å². The molecule has 7 heteroatoms. The van der Waals surface area contributed by atoms with E-state index in [0.717, 1.165) is 51.5 Å². The zero-order chi connectivity index (χ0) is 16.2. The Kier molecular flexibility index (Phi) is 4.78. The summed E-state index contributed by atoms with van der Waals surface area (Å²) in [5.41, 5.74) is 7.53. The number of nitrogens with zero attached hydrogens (tertiary/aromatic N) is 2. The molecule has 1 fully saturated rings. The predicted molar refractivity (Wildman–Crippen MR) is 85.1 cm³/mol. The molecule has 3 amide bonds. The average Bonchev–Trinajstić information content (AvgIpc) is 2.96. The van der Waals surface area contributed by atoms with Crippen LogP contribution in [0.15, 0.2) is 18.2 Å². The maximum atomic E-state index is 11.5. The molecule has 1 aromatic carbocycles. The van der Waals surface area contributed by atoms with Crippen molar-refractivity contribution in [1.29, 1.82) is 0 Å². The second-order valence-electron chi connectivity index (χ2n) is 6.01. The number of urea groups is 1. The highest BCUT2D eigenvalue weighted by atomic mass is 16.5. The Bertz CT molecular complexity index is 597. The Morgan fingerprint density at radius 1 is 1.17 bits per heavy atom. The first-order chi connectivity index (χ1) is 11.1. The van der Waals surface area contributed by atoms with Gasteiger partial charge in [0, 0.05) is 39.1 Å². The van der Waals surface area contributed by atoms with E-state index in [4.69, 9.17) is 10.5 Å². The number of imide groups is 1. The number of benzene rings is 1. The van der Waals surface area contributed by atoms with Gasteiger partial charge in [-0.1, -0.05) is 12.1 Å². The predicted octanol–water partition coefficient (Wildman–Crippen LogP) is -0.0660. The van der Waals surface area contributed by atoms with E-state index in [9.17, 15) is 9.59 Å².